The normalized spacial score (nSPS) is 10.0. The van der Waals surface area contributed by atoms with Crippen molar-refractivity contribution < 1.29 is 9.72 Å². The molecule has 1 aromatic rings. The number of carbonyl (C=O) groups is 1. The van der Waals surface area contributed by atoms with Gasteiger partial charge in [0.2, 0.25) is 5.91 Å². The van der Waals surface area contributed by atoms with Gasteiger partial charge in [-0.3, -0.25) is 14.9 Å². The fourth-order valence-corrected chi connectivity index (χ4v) is 1.63. The first kappa shape index (κ1) is 12.2. The zero-order valence-corrected chi connectivity index (χ0v) is 9.75. The second-order valence-corrected chi connectivity index (χ2v) is 3.80. The van der Waals surface area contributed by atoms with E-state index >= 15 is 0 Å². The molecule has 5 heteroatoms. The van der Waals surface area contributed by atoms with Crippen LogP contribution < -0.4 is 5.32 Å². The summed E-state index contributed by atoms with van der Waals surface area (Å²) in [6.45, 7) is 6.56. The Morgan fingerprint density at radius 2 is 1.88 bits per heavy atom. The SMILES string of the molecule is CC(=O)Nc1c(C)cc(C)c(C)c1[N+](=O)[O-]. The van der Waals surface area contributed by atoms with Crippen molar-refractivity contribution in [1.82, 2.24) is 0 Å². The summed E-state index contributed by atoms with van der Waals surface area (Å²) in [5, 5.41) is 13.5. The van der Waals surface area contributed by atoms with Crippen molar-refractivity contribution >= 4 is 17.3 Å². The van der Waals surface area contributed by atoms with Gasteiger partial charge in [0.1, 0.15) is 5.69 Å². The molecule has 0 aliphatic rings. The van der Waals surface area contributed by atoms with Crippen molar-refractivity contribution in [3.8, 4) is 0 Å². The van der Waals surface area contributed by atoms with Crippen LogP contribution in [-0.4, -0.2) is 10.8 Å². The lowest BCUT2D eigenvalue weighted by Crippen LogP contribution is -2.11. The Labute approximate surface area is 93.6 Å². The zero-order valence-electron chi connectivity index (χ0n) is 9.75. The molecule has 1 rings (SSSR count). The number of nitro groups is 1. The van der Waals surface area contributed by atoms with Crippen molar-refractivity contribution in [2.75, 3.05) is 5.32 Å². The minimum absolute atomic E-state index is 0.0206. The maximum Gasteiger partial charge on any atom is 0.296 e. The number of nitrogens with zero attached hydrogens (tertiary/aromatic N) is 1. The predicted octanol–water partition coefficient (Wildman–Crippen LogP) is 2.48. The Kier molecular flexibility index (Phi) is 3.27. The summed E-state index contributed by atoms with van der Waals surface area (Å²) in [4.78, 5) is 21.5. The van der Waals surface area contributed by atoms with E-state index in [1.807, 2.05) is 13.0 Å². The van der Waals surface area contributed by atoms with E-state index in [-0.39, 0.29) is 11.6 Å². The number of hydrogen-bond acceptors (Lipinski definition) is 3. The van der Waals surface area contributed by atoms with Gasteiger partial charge in [-0.2, -0.15) is 0 Å². The van der Waals surface area contributed by atoms with Gasteiger partial charge in [0.25, 0.3) is 5.69 Å². The molecule has 0 radical (unpaired) electrons. The third kappa shape index (κ3) is 2.18. The van der Waals surface area contributed by atoms with Gasteiger partial charge in [-0.15, -0.1) is 0 Å². The van der Waals surface area contributed by atoms with Crippen LogP contribution in [0.1, 0.15) is 23.6 Å². The van der Waals surface area contributed by atoms with Crippen molar-refractivity contribution in [2.45, 2.75) is 27.7 Å². The molecule has 0 aromatic heterocycles. The van der Waals surface area contributed by atoms with Crippen molar-refractivity contribution in [3.63, 3.8) is 0 Å². The van der Waals surface area contributed by atoms with E-state index in [2.05, 4.69) is 5.32 Å². The van der Waals surface area contributed by atoms with E-state index in [4.69, 9.17) is 0 Å². The summed E-state index contributed by atoms with van der Waals surface area (Å²) >= 11 is 0. The molecule has 0 fully saturated rings. The maximum absolute atomic E-state index is 11.0. The molecule has 0 aliphatic heterocycles. The highest BCUT2D eigenvalue weighted by atomic mass is 16.6. The first-order chi connectivity index (χ1) is 7.34. The molecular formula is C11H14N2O3. The smallest absolute Gasteiger partial charge is 0.296 e. The Bertz CT molecular complexity index is 467. The Morgan fingerprint density at radius 1 is 1.31 bits per heavy atom. The number of carbonyl (C=O) groups excluding carboxylic acids is 1. The molecule has 1 aromatic carbocycles. The lowest BCUT2D eigenvalue weighted by atomic mass is 10.0. The molecule has 0 atom stereocenters. The van der Waals surface area contributed by atoms with Crippen molar-refractivity contribution in [1.29, 1.82) is 0 Å². The first-order valence-electron chi connectivity index (χ1n) is 4.87. The van der Waals surface area contributed by atoms with E-state index in [0.29, 0.717) is 16.8 Å². The molecule has 0 bridgehead atoms. The molecule has 1 amide bonds. The number of anilines is 1. The van der Waals surface area contributed by atoms with Crippen LogP contribution >= 0.6 is 0 Å². The van der Waals surface area contributed by atoms with Crippen LogP contribution in [0, 0.1) is 30.9 Å². The first-order valence-corrected chi connectivity index (χ1v) is 4.87. The van der Waals surface area contributed by atoms with Crippen LogP contribution in [0.3, 0.4) is 0 Å². The average molecular weight is 222 g/mol. The van der Waals surface area contributed by atoms with Gasteiger partial charge < -0.3 is 5.32 Å². The van der Waals surface area contributed by atoms with E-state index in [9.17, 15) is 14.9 Å². The molecule has 0 saturated carbocycles. The van der Waals surface area contributed by atoms with E-state index in [1.165, 1.54) is 6.92 Å². The second kappa shape index (κ2) is 4.30. The number of hydrogen-bond donors (Lipinski definition) is 1. The third-order valence-electron chi connectivity index (χ3n) is 2.49. The lowest BCUT2D eigenvalue weighted by Gasteiger charge is -2.11. The van der Waals surface area contributed by atoms with Crippen LogP contribution in [0.15, 0.2) is 6.07 Å². The van der Waals surface area contributed by atoms with Gasteiger partial charge in [-0.1, -0.05) is 6.07 Å². The molecule has 0 unspecified atom stereocenters. The molecule has 1 N–H and O–H groups in total. The van der Waals surface area contributed by atoms with Crippen molar-refractivity contribution in [3.05, 3.63) is 32.9 Å². The molecule has 0 saturated heterocycles. The Balaban J connectivity index is 3.50. The maximum atomic E-state index is 11.0. The minimum Gasteiger partial charge on any atom is -0.320 e. The number of nitrogens with one attached hydrogen (secondary N) is 1. The molecule has 0 spiro atoms. The van der Waals surface area contributed by atoms with Crippen LogP contribution in [-0.2, 0) is 4.79 Å². The Hall–Kier alpha value is -1.91. The van der Waals surface area contributed by atoms with Crippen LogP contribution in [0.2, 0.25) is 0 Å². The summed E-state index contributed by atoms with van der Waals surface area (Å²) in [5.41, 5.74) is 2.40. The predicted molar refractivity (Wildman–Crippen MR) is 61.6 cm³/mol. The van der Waals surface area contributed by atoms with Crippen LogP contribution in [0.25, 0.3) is 0 Å². The van der Waals surface area contributed by atoms with E-state index in [1.54, 1.807) is 13.8 Å². The van der Waals surface area contributed by atoms with Crippen LogP contribution in [0.5, 0.6) is 0 Å². The Morgan fingerprint density at radius 3 is 2.31 bits per heavy atom. The van der Waals surface area contributed by atoms with Gasteiger partial charge in [0.15, 0.2) is 0 Å². The van der Waals surface area contributed by atoms with Gasteiger partial charge in [-0.05, 0) is 31.9 Å². The fourth-order valence-electron chi connectivity index (χ4n) is 1.63. The van der Waals surface area contributed by atoms with Gasteiger partial charge in [-0.25, -0.2) is 0 Å². The lowest BCUT2D eigenvalue weighted by molar-refractivity contribution is -0.384. The molecular weight excluding hydrogens is 208 g/mol. The summed E-state index contributed by atoms with van der Waals surface area (Å²) in [7, 11) is 0. The minimum atomic E-state index is -0.458. The molecule has 5 nitrogen and oxygen atoms in total. The summed E-state index contributed by atoms with van der Waals surface area (Å²) < 4.78 is 0. The highest BCUT2D eigenvalue weighted by Crippen LogP contribution is 2.33. The van der Waals surface area contributed by atoms with E-state index < -0.39 is 4.92 Å². The number of nitro benzene ring substituents is 1. The van der Waals surface area contributed by atoms with Gasteiger partial charge in [0.05, 0.1) is 4.92 Å². The topological polar surface area (TPSA) is 72.2 Å². The molecule has 0 aliphatic carbocycles. The largest absolute Gasteiger partial charge is 0.320 e. The summed E-state index contributed by atoms with van der Waals surface area (Å²) in [5.74, 6) is -0.311. The molecule has 16 heavy (non-hydrogen) atoms. The quantitative estimate of drug-likeness (QED) is 0.617. The standard InChI is InChI=1S/C11H14N2O3/c1-6-5-7(2)10(12-9(4)14)11(8(6)3)13(15)16/h5H,1-4H3,(H,12,14). The zero-order chi connectivity index (χ0) is 12.5. The summed E-state index contributed by atoms with van der Waals surface area (Å²) in [6, 6.07) is 1.83. The highest BCUT2D eigenvalue weighted by Gasteiger charge is 2.21. The van der Waals surface area contributed by atoms with Crippen LogP contribution in [0.4, 0.5) is 11.4 Å². The summed E-state index contributed by atoms with van der Waals surface area (Å²) in [6.07, 6.45) is 0. The number of amides is 1. The fraction of sp³-hybridized carbons (Fsp3) is 0.364. The van der Waals surface area contributed by atoms with Gasteiger partial charge >= 0.3 is 0 Å². The number of rotatable bonds is 2. The molecule has 86 valence electrons. The molecule has 0 heterocycles. The third-order valence-corrected chi connectivity index (χ3v) is 2.49. The van der Waals surface area contributed by atoms with Crippen molar-refractivity contribution in [2.24, 2.45) is 0 Å². The van der Waals surface area contributed by atoms with E-state index in [0.717, 1.165) is 5.56 Å². The number of aryl methyl sites for hydroxylation is 2. The number of benzene rings is 1. The highest BCUT2D eigenvalue weighted by molar-refractivity contribution is 5.93. The van der Waals surface area contributed by atoms with Gasteiger partial charge in [0, 0.05) is 12.5 Å². The second-order valence-electron chi connectivity index (χ2n) is 3.80. The average Bonchev–Trinajstić information content (AvgIpc) is 2.13. The monoisotopic (exact) mass is 222 g/mol.